The van der Waals surface area contributed by atoms with E-state index in [4.69, 9.17) is 9.52 Å². The van der Waals surface area contributed by atoms with Gasteiger partial charge < -0.3 is 19.7 Å². The molecule has 8 nitrogen and oxygen atoms in total. The Labute approximate surface area is 194 Å². The summed E-state index contributed by atoms with van der Waals surface area (Å²) in [5, 5.41) is 19.2. The molecule has 3 aromatic rings. The van der Waals surface area contributed by atoms with Crippen LogP contribution in [-0.4, -0.2) is 25.9 Å². The lowest BCUT2D eigenvalue weighted by molar-refractivity contribution is 0.371. The molecule has 0 fully saturated rings. The number of rotatable bonds is 7. The average Bonchev–Trinajstić information content (AvgIpc) is 3.32. The summed E-state index contributed by atoms with van der Waals surface area (Å²) in [6, 6.07) is 12.3. The molecule has 1 aromatic carbocycles. The molecule has 9 heteroatoms. The maximum absolute atomic E-state index is 5.43. The third-order valence-corrected chi connectivity index (χ3v) is 4.81. The van der Waals surface area contributed by atoms with Gasteiger partial charge in [-0.15, -0.1) is 34.2 Å². The molecule has 0 radical (unpaired) electrons. The third-order valence-electron chi connectivity index (χ3n) is 4.81. The number of nitrogens with zero attached hydrogens (tertiary/aromatic N) is 5. The fourth-order valence-electron chi connectivity index (χ4n) is 2.78. The molecule has 0 aliphatic rings. The highest BCUT2D eigenvalue weighted by atomic mass is 127. The number of aliphatic imine (C=N–C) groups is 1. The molecule has 30 heavy (non-hydrogen) atoms. The fourth-order valence-corrected chi connectivity index (χ4v) is 2.78. The van der Waals surface area contributed by atoms with Crippen LogP contribution >= 0.6 is 24.0 Å². The van der Waals surface area contributed by atoms with Gasteiger partial charge in [0.15, 0.2) is 17.5 Å². The van der Waals surface area contributed by atoms with Crippen LogP contribution in [0.3, 0.4) is 0 Å². The number of hydrogen-bond donors (Lipinski definition) is 2. The number of guanidine groups is 1. The molecular formula is C21H30IN7O. The Morgan fingerprint density at radius 1 is 1.17 bits per heavy atom. The zero-order valence-corrected chi connectivity index (χ0v) is 20.4. The molecule has 0 bridgehead atoms. The molecule has 162 valence electrons. The first-order chi connectivity index (χ1) is 13.9. The molecule has 0 aliphatic carbocycles. The van der Waals surface area contributed by atoms with Gasteiger partial charge in [0, 0.05) is 13.1 Å². The number of aromatic nitrogens is 4. The number of hydrogen-bond acceptors (Lipinski definition) is 5. The first kappa shape index (κ1) is 23.8. The van der Waals surface area contributed by atoms with Gasteiger partial charge in [0.05, 0.1) is 18.3 Å². The van der Waals surface area contributed by atoms with Gasteiger partial charge in [0.2, 0.25) is 0 Å². The smallest absolute Gasteiger partial charge is 0.192 e. The van der Waals surface area contributed by atoms with Crippen molar-refractivity contribution in [2.75, 3.05) is 0 Å². The minimum Gasteiger partial charge on any atom is -0.359 e. The molecule has 1 atom stereocenters. The Morgan fingerprint density at radius 2 is 1.90 bits per heavy atom. The molecule has 2 N–H and O–H groups in total. The third kappa shape index (κ3) is 6.28. The second-order valence-electron chi connectivity index (χ2n) is 7.39. The zero-order chi connectivity index (χ0) is 20.8. The van der Waals surface area contributed by atoms with Gasteiger partial charge >= 0.3 is 0 Å². The quantitative estimate of drug-likeness (QED) is 0.278. The molecule has 0 saturated carbocycles. The Hall–Kier alpha value is -2.43. The van der Waals surface area contributed by atoms with E-state index in [2.05, 4.69) is 58.9 Å². The predicted octanol–water partition coefficient (Wildman–Crippen LogP) is 3.85. The van der Waals surface area contributed by atoms with Crippen LogP contribution in [0.5, 0.6) is 0 Å². The van der Waals surface area contributed by atoms with Gasteiger partial charge in [-0.3, -0.25) is 0 Å². The first-order valence-electron chi connectivity index (χ1n) is 9.84. The second kappa shape index (κ2) is 11.1. The highest BCUT2D eigenvalue weighted by Gasteiger charge is 2.12. The van der Waals surface area contributed by atoms with E-state index in [1.54, 1.807) is 0 Å². The topological polar surface area (TPSA) is 93.2 Å². The van der Waals surface area contributed by atoms with Gasteiger partial charge in [-0.2, -0.15) is 0 Å². The first-order valence-corrected chi connectivity index (χ1v) is 9.84. The highest BCUT2D eigenvalue weighted by molar-refractivity contribution is 14.0. The van der Waals surface area contributed by atoms with Crippen LogP contribution in [0.25, 0.3) is 0 Å². The van der Waals surface area contributed by atoms with Gasteiger partial charge in [-0.1, -0.05) is 49.3 Å². The van der Waals surface area contributed by atoms with Crippen molar-refractivity contribution in [3.05, 3.63) is 65.1 Å². The Balaban J connectivity index is 0.00000320. The van der Waals surface area contributed by atoms with Crippen molar-refractivity contribution >= 4 is 29.9 Å². The number of benzene rings is 1. The highest BCUT2D eigenvalue weighted by Crippen LogP contribution is 2.14. The van der Waals surface area contributed by atoms with Crippen molar-refractivity contribution in [3.63, 3.8) is 0 Å². The molecular weight excluding hydrogens is 493 g/mol. The largest absolute Gasteiger partial charge is 0.359 e. The lowest BCUT2D eigenvalue weighted by atomic mass is 10.1. The van der Waals surface area contributed by atoms with Crippen molar-refractivity contribution in [1.29, 1.82) is 0 Å². The average molecular weight is 523 g/mol. The van der Waals surface area contributed by atoms with Crippen molar-refractivity contribution in [2.45, 2.75) is 52.7 Å². The Bertz CT molecular complexity index is 949. The van der Waals surface area contributed by atoms with Crippen molar-refractivity contribution in [3.8, 4) is 0 Å². The predicted molar refractivity (Wildman–Crippen MR) is 128 cm³/mol. The van der Waals surface area contributed by atoms with E-state index in [-0.39, 0.29) is 30.0 Å². The van der Waals surface area contributed by atoms with Crippen LogP contribution in [0.2, 0.25) is 0 Å². The minimum atomic E-state index is 0. The van der Waals surface area contributed by atoms with Crippen LogP contribution in [0, 0.1) is 6.92 Å². The van der Waals surface area contributed by atoms with E-state index < -0.39 is 0 Å². The van der Waals surface area contributed by atoms with E-state index in [1.165, 1.54) is 5.56 Å². The Kier molecular flexibility index (Phi) is 8.82. The van der Waals surface area contributed by atoms with E-state index in [1.807, 2.05) is 42.8 Å². The van der Waals surface area contributed by atoms with Gasteiger partial charge in [0.1, 0.15) is 12.4 Å². The molecule has 1 unspecified atom stereocenters. The number of aryl methyl sites for hydroxylation is 1. The van der Waals surface area contributed by atoms with E-state index in [0.717, 1.165) is 23.1 Å². The summed E-state index contributed by atoms with van der Waals surface area (Å²) in [4.78, 5) is 4.70. The van der Waals surface area contributed by atoms with Crippen LogP contribution in [0.1, 0.15) is 61.4 Å². The standard InChI is InChI=1S/C21H29N7O.HI/c1-14(2)19-11-18(29-27-19)12-22-21(23-13-20-26-25-16(4)28(20)5)24-15(3)17-9-7-6-8-10-17;/h6-11,14-15H,12-13H2,1-5H3,(H2,22,23,24);1H. The van der Waals surface area contributed by atoms with Crippen LogP contribution < -0.4 is 10.6 Å². The van der Waals surface area contributed by atoms with Crippen LogP contribution in [-0.2, 0) is 20.1 Å². The summed E-state index contributed by atoms with van der Waals surface area (Å²) < 4.78 is 7.37. The molecule has 0 saturated heterocycles. The van der Waals surface area contributed by atoms with Gasteiger partial charge in [-0.25, -0.2) is 4.99 Å². The maximum Gasteiger partial charge on any atom is 0.192 e. The second-order valence-corrected chi connectivity index (χ2v) is 7.39. The SMILES string of the molecule is Cc1nnc(CN=C(NCc2cc(C(C)C)no2)NC(C)c2ccccc2)n1C.I. The Morgan fingerprint density at radius 3 is 2.50 bits per heavy atom. The molecule has 2 aromatic heterocycles. The summed E-state index contributed by atoms with van der Waals surface area (Å²) in [6.07, 6.45) is 0. The van der Waals surface area contributed by atoms with E-state index in [0.29, 0.717) is 25.0 Å². The minimum absolute atomic E-state index is 0. The summed E-state index contributed by atoms with van der Waals surface area (Å²) >= 11 is 0. The lowest BCUT2D eigenvalue weighted by Crippen LogP contribution is -2.38. The van der Waals surface area contributed by atoms with Gasteiger partial charge in [0.25, 0.3) is 0 Å². The summed E-state index contributed by atoms with van der Waals surface area (Å²) in [6.45, 7) is 9.12. The van der Waals surface area contributed by atoms with Crippen LogP contribution in [0.15, 0.2) is 45.9 Å². The molecule has 0 amide bonds. The molecule has 0 spiro atoms. The molecule has 2 heterocycles. The zero-order valence-electron chi connectivity index (χ0n) is 18.1. The summed E-state index contributed by atoms with van der Waals surface area (Å²) in [5.74, 6) is 3.43. The molecule has 3 rings (SSSR count). The van der Waals surface area contributed by atoms with E-state index in [9.17, 15) is 0 Å². The fraction of sp³-hybridized carbons (Fsp3) is 0.429. The number of halogens is 1. The lowest BCUT2D eigenvalue weighted by Gasteiger charge is -2.18. The normalized spacial score (nSPS) is 12.5. The van der Waals surface area contributed by atoms with Crippen molar-refractivity contribution < 1.29 is 4.52 Å². The van der Waals surface area contributed by atoms with Gasteiger partial charge in [-0.05, 0) is 25.3 Å². The summed E-state index contributed by atoms with van der Waals surface area (Å²) in [7, 11) is 1.94. The summed E-state index contributed by atoms with van der Waals surface area (Å²) in [5.41, 5.74) is 2.12. The maximum atomic E-state index is 5.43. The number of nitrogens with one attached hydrogen (secondary N) is 2. The molecule has 0 aliphatic heterocycles. The monoisotopic (exact) mass is 523 g/mol. The van der Waals surface area contributed by atoms with Crippen molar-refractivity contribution in [2.24, 2.45) is 12.0 Å². The van der Waals surface area contributed by atoms with Crippen LogP contribution in [0.4, 0.5) is 0 Å². The van der Waals surface area contributed by atoms with Crippen molar-refractivity contribution in [1.82, 2.24) is 30.6 Å². The van der Waals surface area contributed by atoms with E-state index >= 15 is 0 Å².